The number of fused-ring (bicyclic) bond motifs is 1. The molecule has 2 aromatic rings. The summed E-state index contributed by atoms with van der Waals surface area (Å²) in [6.45, 7) is 5.38. The highest BCUT2D eigenvalue weighted by Gasteiger charge is 2.16. The van der Waals surface area contributed by atoms with Gasteiger partial charge in [0.25, 0.3) is 0 Å². The Hall–Kier alpha value is -1.99. The van der Waals surface area contributed by atoms with Gasteiger partial charge in [0.15, 0.2) is 5.69 Å². The van der Waals surface area contributed by atoms with Crippen LogP contribution < -0.4 is 5.32 Å². The van der Waals surface area contributed by atoms with Crippen LogP contribution in [0, 0.1) is 0 Å². The lowest BCUT2D eigenvalue weighted by Crippen LogP contribution is -2.33. The number of aryl methyl sites for hydroxylation is 1. The number of hydrogen-bond acceptors (Lipinski definition) is 4. The number of unbranched alkanes of at least 4 members (excludes halogenated alkanes) is 2. The van der Waals surface area contributed by atoms with Crippen LogP contribution in [0.15, 0.2) is 34.5 Å². The van der Waals surface area contributed by atoms with Gasteiger partial charge in [-0.1, -0.05) is 38.0 Å². The van der Waals surface area contributed by atoms with Gasteiger partial charge in [0, 0.05) is 25.1 Å². The number of thiocarbonyl (C=S) groups is 1. The molecule has 0 bridgehead atoms. The van der Waals surface area contributed by atoms with Gasteiger partial charge < -0.3 is 19.7 Å². The first-order valence-corrected chi connectivity index (χ1v) is 9.00. The third kappa shape index (κ3) is 4.99. The van der Waals surface area contributed by atoms with E-state index in [0.29, 0.717) is 12.3 Å². The molecule has 0 amide bonds. The SMILES string of the molecule is CCCCCn1c(O)c(N=NC(=S)N[C@H](C)COC)c2ccccc21. The Morgan fingerprint density at radius 1 is 1.36 bits per heavy atom. The number of para-hydroxylation sites is 1. The van der Waals surface area contributed by atoms with E-state index in [1.54, 1.807) is 7.11 Å². The third-order valence-corrected chi connectivity index (χ3v) is 4.13. The minimum Gasteiger partial charge on any atom is -0.493 e. The Bertz CT molecular complexity index is 742. The van der Waals surface area contributed by atoms with Gasteiger partial charge in [-0.05, 0) is 31.6 Å². The van der Waals surface area contributed by atoms with Crippen molar-refractivity contribution in [3.05, 3.63) is 24.3 Å². The van der Waals surface area contributed by atoms with Crippen LogP contribution in [0.1, 0.15) is 33.1 Å². The summed E-state index contributed by atoms with van der Waals surface area (Å²) in [5.74, 6) is 0.133. The number of nitrogens with zero attached hydrogens (tertiary/aromatic N) is 3. The van der Waals surface area contributed by atoms with Crippen molar-refractivity contribution in [3.8, 4) is 5.88 Å². The van der Waals surface area contributed by atoms with Crippen LogP contribution >= 0.6 is 12.2 Å². The van der Waals surface area contributed by atoms with Crippen LogP contribution in [0.4, 0.5) is 5.69 Å². The highest BCUT2D eigenvalue weighted by molar-refractivity contribution is 7.80. The van der Waals surface area contributed by atoms with Crippen LogP contribution in [-0.2, 0) is 11.3 Å². The smallest absolute Gasteiger partial charge is 0.220 e. The normalized spacial score (nSPS) is 12.8. The predicted octanol–water partition coefficient (Wildman–Crippen LogP) is 4.53. The van der Waals surface area contributed by atoms with Crippen LogP contribution in [0.25, 0.3) is 10.9 Å². The van der Waals surface area contributed by atoms with Gasteiger partial charge in [-0.15, -0.1) is 10.2 Å². The minimum absolute atomic E-state index is 0.0421. The molecular weight excluding hydrogens is 336 g/mol. The maximum absolute atomic E-state index is 10.6. The van der Waals surface area contributed by atoms with Gasteiger partial charge >= 0.3 is 0 Å². The maximum atomic E-state index is 10.6. The molecule has 1 aromatic heterocycles. The van der Waals surface area contributed by atoms with E-state index in [-0.39, 0.29) is 17.0 Å². The molecule has 6 nitrogen and oxygen atoms in total. The largest absolute Gasteiger partial charge is 0.493 e. The fourth-order valence-corrected chi connectivity index (χ4v) is 2.99. The number of nitrogens with one attached hydrogen (secondary N) is 1. The van der Waals surface area contributed by atoms with Crippen LogP contribution in [-0.4, -0.2) is 34.5 Å². The molecule has 1 atom stereocenters. The highest BCUT2D eigenvalue weighted by atomic mass is 32.1. The van der Waals surface area contributed by atoms with Crippen molar-refractivity contribution in [1.29, 1.82) is 0 Å². The molecule has 2 rings (SSSR count). The summed E-state index contributed by atoms with van der Waals surface area (Å²) in [6, 6.07) is 7.84. The number of hydrogen-bond donors (Lipinski definition) is 2. The molecule has 0 fully saturated rings. The lowest BCUT2D eigenvalue weighted by atomic mass is 10.2. The number of ether oxygens (including phenoxy) is 1. The molecule has 0 saturated heterocycles. The standard InChI is InChI=1S/C18H26N4O2S/c1-4-5-8-11-22-15-10-7-6-9-14(15)16(17(22)23)20-21-18(25)19-13(2)12-24-3/h6-7,9-10,13,23H,4-5,8,11-12H2,1-3H3,(H,19,25)/t13-/m1/s1. The number of methoxy groups -OCH3 is 1. The van der Waals surface area contributed by atoms with Crippen LogP contribution in [0.3, 0.4) is 0 Å². The molecule has 1 aromatic carbocycles. The summed E-state index contributed by atoms with van der Waals surface area (Å²) in [5.41, 5.74) is 1.41. The van der Waals surface area contributed by atoms with E-state index in [1.807, 2.05) is 35.8 Å². The van der Waals surface area contributed by atoms with Gasteiger partial charge in [-0.3, -0.25) is 0 Å². The average Bonchev–Trinajstić information content (AvgIpc) is 2.85. The summed E-state index contributed by atoms with van der Waals surface area (Å²) in [6.07, 6.45) is 3.26. The molecule has 0 aliphatic rings. The Labute approximate surface area is 153 Å². The molecule has 0 aliphatic carbocycles. The fourth-order valence-electron chi connectivity index (χ4n) is 2.74. The van der Waals surface area contributed by atoms with E-state index in [2.05, 4.69) is 22.5 Å². The van der Waals surface area contributed by atoms with Gasteiger partial charge in [-0.25, -0.2) is 0 Å². The van der Waals surface area contributed by atoms with Gasteiger partial charge in [0.1, 0.15) is 0 Å². The van der Waals surface area contributed by atoms with Gasteiger partial charge in [0.05, 0.1) is 12.1 Å². The summed E-state index contributed by atoms with van der Waals surface area (Å²) in [5, 5.41) is 23.0. The molecule has 136 valence electrons. The first kappa shape index (κ1) is 19.3. The second-order valence-electron chi connectivity index (χ2n) is 6.05. The Kier molecular flexibility index (Phi) is 7.33. The second kappa shape index (κ2) is 9.48. The van der Waals surface area contributed by atoms with Crippen molar-refractivity contribution in [2.75, 3.05) is 13.7 Å². The number of rotatable bonds is 8. The maximum Gasteiger partial charge on any atom is 0.220 e. The molecule has 1 heterocycles. The molecule has 2 N–H and O–H groups in total. The Morgan fingerprint density at radius 2 is 2.12 bits per heavy atom. The molecule has 0 spiro atoms. The number of aromatic nitrogens is 1. The zero-order valence-electron chi connectivity index (χ0n) is 15.0. The topological polar surface area (TPSA) is 71.1 Å². The van der Waals surface area contributed by atoms with E-state index >= 15 is 0 Å². The van der Waals surface area contributed by atoms with E-state index in [1.165, 1.54) is 0 Å². The van der Waals surface area contributed by atoms with Crippen molar-refractivity contribution in [2.24, 2.45) is 10.2 Å². The van der Waals surface area contributed by atoms with Crippen molar-refractivity contribution < 1.29 is 9.84 Å². The van der Waals surface area contributed by atoms with E-state index in [4.69, 9.17) is 17.0 Å². The van der Waals surface area contributed by atoms with E-state index < -0.39 is 0 Å². The van der Waals surface area contributed by atoms with Gasteiger partial charge in [-0.2, -0.15) is 0 Å². The molecule has 0 aliphatic heterocycles. The summed E-state index contributed by atoms with van der Waals surface area (Å²) in [4.78, 5) is 0. The van der Waals surface area contributed by atoms with Gasteiger partial charge in [0.2, 0.25) is 11.0 Å². The van der Waals surface area contributed by atoms with Crippen molar-refractivity contribution >= 4 is 33.9 Å². The molecular formula is C18H26N4O2S. The predicted molar refractivity (Wildman–Crippen MR) is 105 cm³/mol. The summed E-state index contributed by atoms with van der Waals surface area (Å²) < 4.78 is 6.95. The molecule has 0 unspecified atom stereocenters. The third-order valence-electron chi connectivity index (χ3n) is 3.93. The lowest BCUT2D eigenvalue weighted by Gasteiger charge is -2.11. The second-order valence-corrected chi connectivity index (χ2v) is 6.44. The van der Waals surface area contributed by atoms with Crippen molar-refractivity contribution in [3.63, 3.8) is 0 Å². The van der Waals surface area contributed by atoms with Crippen LogP contribution in [0.2, 0.25) is 0 Å². The Morgan fingerprint density at radius 3 is 2.84 bits per heavy atom. The van der Waals surface area contributed by atoms with Crippen molar-refractivity contribution in [2.45, 2.75) is 45.7 Å². The highest BCUT2D eigenvalue weighted by Crippen LogP contribution is 2.39. The number of azo groups is 1. The first-order valence-electron chi connectivity index (χ1n) is 8.59. The van der Waals surface area contributed by atoms with Crippen molar-refractivity contribution in [1.82, 2.24) is 9.88 Å². The Balaban J connectivity index is 2.24. The molecule has 25 heavy (non-hydrogen) atoms. The quantitative estimate of drug-likeness (QED) is 0.411. The first-order chi connectivity index (χ1) is 12.1. The zero-order chi connectivity index (χ0) is 18.2. The summed E-state index contributed by atoms with van der Waals surface area (Å²) in [7, 11) is 1.63. The monoisotopic (exact) mass is 362 g/mol. The average molecular weight is 362 g/mol. The minimum atomic E-state index is 0.0421. The molecule has 0 saturated carbocycles. The molecule has 7 heteroatoms. The van der Waals surface area contributed by atoms with E-state index in [0.717, 1.165) is 36.7 Å². The zero-order valence-corrected chi connectivity index (χ0v) is 15.8. The number of aromatic hydroxyl groups is 1. The lowest BCUT2D eigenvalue weighted by molar-refractivity contribution is 0.179. The fraction of sp³-hybridized carbons (Fsp3) is 0.500. The van der Waals surface area contributed by atoms with E-state index in [9.17, 15) is 5.11 Å². The molecule has 0 radical (unpaired) electrons. The van der Waals surface area contributed by atoms with Crippen LogP contribution in [0.5, 0.6) is 5.88 Å². The summed E-state index contributed by atoms with van der Waals surface area (Å²) >= 11 is 5.19. The number of benzene rings is 1.